The van der Waals surface area contributed by atoms with Crippen molar-refractivity contribution in [3.05, 3.63) is 66.7 Å². The van der Waals surface area contributed by atoms with Gasteiger partial charge in [0.25, 0.3) is 10.0 Å². The van der Waals surface area contributed by atoms with E-state index in [1.165, 1.54) is 37.4 Å². The first-order chi connectivity index (χ1) is 20.2. The number of nitrogens with one attached hydrogen (secondary N) is 3. The maximum Gasteiger partial charge on any atom is 0.263 e. The Labute approximate surface area is 243 Å². The third kappa shape index (κ3) is 7.05. The van der Waals surface area contributed by atoms with Gasteiger partial charge in [-0.2, -0.15) is 0 Å². The van der Waals surface area contributed by atoms with Gasteiger partial charge in [0.1, 0.15) is 11.5 Å². The topological polar surface area (TPSA) is 166 Å². The molecule has 220 valence electrons. The summed E-state index contributed by atoms with van der Waals surface area (Å²) in [6.45, 7) is 1.64. The van der Waals surface area contributed by atoms with Crippen molar-refractivity contribution in [3.63, 3.8) is 0 Å². The van der Waals surface area contributed by atoms with Gasteiger partial charge >= 0.3 is 0 Å². The molecule has 1 saturated heterocycles. The van der Waals surface area contributed by atoms with Crippen LogP contribution in [-0.4, -0.2) is 72.8 Å². The normalized spacial score (nSPS) is 15.7. The highest BCUT2D eigenvalue weighted by atomic mass is 32.2. The van der Waals surface area contributed by atoms with E-state index in [1.54, 1.807) is 36.4 Å². The maximum atomic E-state index is 13.5. The first-order valence-electron chi connectivity index (χ1n) is 13.4. The first kappa shape index (κ1) is 29.0. The molecule has 0 saturated carbocycles. The summed E-state index contributed by atoms with van der Waals surface area (Å²) in [5, 5.41) is 25.3. The zero-order valence-corrected chi connectivity index (χ0v) is 23.8. The molecule has 1 aliphatic heterocycles. The molecule has 5 rings (SSSR count). The van der Waals surface area contributed by atoms with E-state index < -0.39 is 10.0 Å². The molecule has 5 N–H and O–H groups in total. The Morgan fingerprint density at radius 1 is 1.02 bits per heavy atom. The number of aromatic hydroxyl groups is 1. The van der Waals surface area contributed by atoms with Crippen LogP contribution < -0.4 is 20.1 Å². The molecule has 1 aliphatic rings. The molecule has 0 radical (unpaired) electrons. The number of rotatable bonds is 10. The predicted molar refractivity (Wildman–Crippen MR) is 160 cm³/mol. The standard InChI is InChI=1S/C29H32N6O6S/c1-41-23-13-21(12-22(37)15-23)31-28-29(33-26-10-3-2-9-25(26)32-28)34-42(39,40)24-8-4-7-20(14-24)30-27(38)17-35-11-5-6-19(16-35)18-36/h2-4,7-10,12-15,19,36-37H,5-6,11,16-18H2,1H3,(H,30,38)(H,31,32)(H,33,34). The van der Waals surface area contributed by atoms with Crippen LogP contribution in [0.1, 0.15) is 12.8 Å². The van der Waals surface area contributed by atoms with Gasteiger partial charge in [-0.1, -0.05) is 18.2 Å². The van der Waals surface area contributed by atoms with Crippen molar-refractivity contribution >= 4 is 50.0 Å². The minimum atomic E-state index is -4.17. The average molecular weight is 593 g/mol. The lowest BCUT2D eigenvalue weighted by Gasteiger charge is -2.31. The van der Waals surface area contributed by atoms with E-state index >= 15 is 0 Å². The van der Waals surface area contributed by atoms with Crippen molar-refractivity contribution < 1.29 is 28.2 Å². The molecule has 12 nitrogen and oxygen atoms in total. The molecule has 42 heavy (non-hydrogen) atoms. The lowest BCUT2D eigenvalue weighted by molar-refractivity contribution is -0.117. The molecule has 2 heterocycles. The number of hydrogen-bond acceptors (Lipinski definition) is 10. The Hall–Kier alpha value is -4.46. The van der Waals surface area contributed by atoms with Crippen LogP contribution in [-0.2, 0) is 14.8 Å². The van der Waals surface area contributed by atoms with Crippen LogP contribution in [0.4, 0.5) is 23.0 Å². The number of methoxy groups -OCH3 is 1. The van der Waals surface area contributed by atoms with Crippen molar-refractivity contribution in [1.82, 2.24) is 14.9 Å². The van der Waals surface area contributed by atoms with Crippen molar-refractivity contribution in [2.75, 3.05) is 48.7 Å². The van der Waals surface area contributed by atoms with Gasteiger partial charge in [0.05, 0.1) is 29.6 Å². The molecule has 1 fully saturated rings. The maximum absolute atomic E-state index is 13.5. The number of amides is 1. The number of benzene rings is 3. The highest BCUT2D eigenvalue weighted by Crippen LogP contribution is 2.31. The lowest BCUT2D eigenvalue weighted by atomic mass is 9.99. The Morgan fingerprint density at radius 2 is 1.79 bits per heavy atom. The van der Waals surface area contributed by atoms with E-state index in [1.807, 2.05) is 4.90 Å². The zero-order valence-electron chi connectivity index (χ0n) is 22.9. The molecule has 0 aliphatic carbocycles. The second-order valence-corrected chi connectivity index (χ2v) is 11.7. The Balaban J connectivity index is 1.38. The number of aromatic nitrogens is 2. The van der Waals surface area contributed by atoms with Crippen molar-refractivity contribution in [3.8, 4) is 11.5 Å². The molecule has 1 amide bonds. The minimum absolute atomic E-state index is 0.0555. The smallest absolute Gasteiger partial charge is 0.263 e. The minimum Gasteiger partial charge on any atom is -0.508 e. The predicted octanol–water partition coefficient (Wildman–Crippen LogP) is 3.53. The zero-order chi connectivity index (χ0) is 29.7. The fourth-order valence-corrected chi connectivity index (χ4v) is 5.90. The van der Waals surface area contributed by atoms with E-state index in [-0.39, 0.29) is 47.3 Å². The first-order valence-corrected chi connectivity index (χ1v) is 14.9. The number of hydrogen-bond donors (Lipinski definition) is 5. The summed E-state index contributed by atoms with van der Waals surface area (Å²) < 4.78 is 34.7. The largest absolute Gasteiger partial charge is 0.508 e. The third-order valence-corrected chi connectivity index (χ3v) is 8.18. The van der Waals surface area contributed by atoms with Gasteiger partial charge in [0.15, 0.2) is 11.6 Å². The van der Waals surface area contributed by atoms with Crippen molar-refractivity contribution in [1.29, 1.82) is 0 Å². The third-order valence-electron chi connectivity index (χ3n) is 6.85. The van der Waals surface area contributed by atoms with Crippen molar-refractivity contribution in [2.45, 2.75) is 17.7 Å². The van der Waals surface area contributed by atoms with E-state index in [9.17, 15) is 23.4 Å². The molecular formula is C29H32N6O6S. The van der Waals surface area contributed by atoms with Gasteiger partial charge in [0.2, 0.25) is 5.91 Å². The summed E-state index contributed by atoms with van der Waals surface area (Å²) in [5.41, 5.74) is 1.73. The summed E-state index contributed by atoms with van der Waals surface area (Å²) in [6, 6.07) is 17.4. The highest BCUT2D eigenvalue weighted by Gasteiger charge is 2.22. The molecule has 0 bridgehead atoms. The number of phenols is 1. The number of nitrogens with zero attached hydrogens (tertiary/aromatic N) is 3. The number of sulfonamides is 1. The fourth-order valence-electron chi connectivity index (χ4n) is 4.84. The van der Waals surface area contributed by atoms with E-state index in [2.05, 4.69) is 25.3 Å². The SMILES string of the molecule is COc1cc(O)cc(Nc2nc3ccccc3nc2NS(=O)(=O)c2cccc(NC(=O)CN3CCCC(CO)C3)c2)c1. The number of phenolic OH excluding ortho intramolecular Hbond substituents is 1. The van der Waals surface area contributed by atoms with E-state index in [4.69, 9.17) is 4.74 Å². The molecule has 4 aromatic rings. The molecule has 0 spiro atoms. The summed E-state index contributed by atoms with van der Waals surface area (Å²) >= 11 is 0. The van der Waals surface area contributed by atoms with Gasteiger partial charge in [-0.05, 0) is 55.6 Å². The summed E-state index contributed by atoms with van der Waals surface area (Å²) in [7, 11) is -2.71. The van der Waals surface area contributed by atoms with Crippen LogP contribution >= 0.6 is 0 Å². The molecular weight excluding hydrogens is 560 g/mol. The number of likely N-dealkylation sites (tertiary alicyclic amines) is 1. The number of carbonyl (C=O) groups is 1. The second kappa shape index (κ2) is 12.6. The fraction of sp³-hybridized carbons (Fsp3) is 0.276. The van der Waals surface area contributed by atoms with Gasteiger partial charge in [0, 0.05) is 42.7 Å². The summed E-state index contributed by atoms with van der Waals surface area (Å²) in [5.74, 6) is 0.259. The Morgan fingerprint density at radius 3 is 2.52 bits per heavy atom. The molecule has 1 atom stereocenters. The number of aliphatic hydroxyl groups is 1. The van der Waals surface area contributed by atoms with Crippen LogP contribution in [0.3, 0.4) is 0 Å². The van der Waals surface area contributed by atoms with Gasteiger partial charge in [-0.25, -0.2) is 18.4 Å². The number of aliphatic hydroxyl groups excluding tert-OH is 1. The quantitative estimate of drug-likeness (QED) is 0.184. The number of ether oxygens (including phenoxy) is 1. The van der Waals surface area contributed by atoms with Gasteiger partial charge in [-0.15, -0.1) is 0 Å². The molecule has 3 aromatic carbocycles. The highest BCUT2D eigenvalue weighted by molar-refractivity contribution is 7.92. The molecule has 1 unspecified atom stereocenters. The average Bonchev–Trinajstić information content (AvgIpc) is 2.97. The monoisotopic (exact) mass is 592 g/mol. The van der Waals surface area contributed by atoms with E-state index in [0.29, 0.717) is 34.7 Å². The molecule has 13 heteroatoms. The van der Waals surface area contributed by atoms with Crippen LogP contribution in [0.25, 0.3) is 11.0 Å². The van der Waals surface area contributed by atoms with Crippen LogP contribution in [0.15, 0.2) is 71.6 Å². The lowest BCUT2D eigenvalue weighted by Crippen LogP contribution is -2.41. The van der Waals surface area contributed by atoms with Crippen molar-refractivity contribution in [2.24, 2.45) is 5.92 Å². The molecule has 1 aromatic heterocycles. The van der Waals surface area contributed by atoms with E-state index in [0.717, 1.165) is 19.4 Å². The number of carbonyl (C=O) groups excluding carboxylic acids is 1. The Bertz CT molecular complexity index is 1700. The Kier molecular flexibility index (Phi) is 8.71. The van der Waals surface area contributed by atoms with Gasteiger partial charge in [-0.3, -0.25) is 14.4 Å². The summed E-state index contributed by atoms with van der Waals surface area (Å²) in [4.78, 5) is 23.7. The number of para-hydroxylation sites is 2. The van der Waals surface area contributed by atoms with Crippen LogP contribution in [0, 0.1) is 5.92 Å². The number of piperidine rings is 1. The summed E-state index contributed by atoms with van der Waals surface area (Å²) in [6.07, 6.45) is 1.84. The van der Waals surface area contributed by atoms with Gasteiger partial charge < -0.3 is 25.6 Å². The van der Waals surface area contributed by atoms with Crippen LogP contribution in [0.2, 0.25) is 0 Å². The number of anilines is 4. The second-order valence-electron chi connectivity index (χ2n) is 10.1. The number of fused-ring (bicyclic) bond motifs is 1. The van der Waals surface area contributed by atoms with Crippen LogP contribution in [0.5, 0.6) is 11.5 Å².